The fourth-order valence-corrected chi connectivity index (χ4v) is 1.76. The Morgan fingerprint density at radius 3 is 2.58 bits per heavy atom. The summed E-state index contributed by atoms with van der Waals surface area (Å²) < 4.78 is 3.84. The highest BCUT2D eigenvalue weighted by Crippen LogP contribution is 2.20. The molecule has 2 aromatic heterocycles. The Hall–Kier alpha value is -1.62. The normalized spacial score (nSPS) is 12.3. The van der Waals surface area contributed by atoms with Crippen LogP contribution in [0.5, 0.6) is 0 Å². The van der Waals surface area contributed by atoms with Crippen molar-refractivity contribution >= 4 is 0 Å². The first-order valence-corrected chi connectivity index (χ1v) is 6.60. The third-order valence-electron chi connectivity index (χ3n) is 3.02. The van der Waals surface area contributed by atoms with Crippen LogP contribution < -0.4 is 0 Å². The molecule has 2 aromatic rings. The van der Waals surface area contributed by atoms with E-state index in [-0.39, 0.29) is 5.41 Å². The highest BCUT2D eigenvalue weighted by atomic mass is 15.3. The number of likely N-dealkylation sites (N-methyl/N-ethyl adjacent to an activating group) is 1. The van der Waals surface area contributed by atoms with Gasteiger partial charge in [-0.2, -0.15) is 10.2 Å². The largest absolute Gasteiger partial charge is 0.308 e. The Balaban J connectivity index is 2.12. The lowest BCUT2D eigenvalue weighted by molar-refractivity contribution is 0.373. The molecule has 0 atom stereocenters. The van der Waals surface area contributed by atoms with Gasteiger partial charge in [0, 0.05) is 18.2 Å². The second-order valence-corrected chi connectivity index (χ2v) is 6.16. The maximum Gasteiger partial charge on any atom is 0.102 e. The molecule has 5 nitrogen and oxygen atoms in total. The summed E-state index contributed by atoms with van der Waals surface area (Å²) in [6.07, 6.45) is 5.88. The number of hydrogen-bond donors (Lipinski definition) is 0. The predicted molar refractivity (Wildman–Crippen MR) is 76.6 cm³/mol. The van der Waals surface area contributed by atoms with Crippen LogP contribution in [0, 0.1) is 0 Å². The molecule has 0 saturated carbocycles. The van der Waals surface area contributed by atoms with E-state index in [1.54, 1.807) is 0 Å². The first kappa shape index (κ1) is 13.8. The molecule has 5 heteroatoms. The van der Waals surface area contributed by atoms with Crippen molar-refractivity contribution in [3.05, 3.63) is 30.4 Å². The minimum Gasteiger partial charge on any atom is -0.308 e. The summed E-state index contributed by atoms with van der Waals surface area (Å²) in [6, 6.07) is 2.07. The lowest BCUT2D eigenvalue weighted by atomic mass is 9.93. The third-order valence-corrected chi connectivity index (χ3v) is 3.02. The molecule has 104 valence electrons. The minimum atomic E-state index is 0.0756. The number of nitrogens with zero attached hydrogens (tertiary/aromatic N) is 5. The summed E-state index contributed by atoms with van der Waals surface area (Å²) in [7, 11) is 4.13. The molecule has 0 aliphatic heterocycles. The summed E-state index contributed by atoms with van der Waals surface area (Å²) >= 11 is 0. The quantitative estimate of drug-likeness (QED) is 0.844. The van der Waals surface area contributed by atoms with E-state index in [1.807, 2.05) is 28.0 Å². The summed E-state index contributed by atoms with van der Waals surface area (Å²) in [5.41, 5.74) is 2.18. The molecular formula is C14H23N5. The standard InChI is InChI=1S/C14H23N5/c1-14(2,3)13-6-7-19(16-13)12-10-15-18(11-12)9-8-17(4)5/h6-7,10-11H,8-9H2,1-5H3. The molecule has 2 rings (SSSR count). The zero-order valence-electron chi connectivity index (χ0n) is 12.5. The van der Waals surface area contributed by atoms with Crippen molar-refractivity contribution in [2.75, 3.05) is 20.6 Å². The molecule has 0 N–H and O–H groups in total. The average Bonchev–Trinajstić information content (AvgIpc) is 2.94. The Morgan fingerprint density at radius 1 is 1.26 bits per heavy atom. The molecule has 0 unspecified atom stereocenters. The van der Waals surface area contributed by atoms with Gasteiger partial charge >= 0.3 is 0 Å². The molecule has 19 heavy (non-hydrogen) atoms. The number of aromatic nitrogens is 4. The van der Waals surface area contributed by atoms with Crippen LogP contribution in [-0.2, 0) is 12.0 Å². The summed E-state index contributed by atoms with van der Waals surface area (Å²) in [5.74, 6) is 0. The van der Waals surface area contributed by atoms with Gasteiger partial charge in [-0.15, -0.1) is 0 Å². The van der Waals surface area contributed by atoms with Gasteiger partial charge in [0.25, 0.3) is 0 Å². The fraction of sp³-hybridized carbons (Fsp3) is 0.571. The molecule has 0 aromatic carbocycles. The van der Waals surface area contributed by atoms with Crippen LogP contribution in [0.3, 0.4) is 0 Å². The lowest BCUT2D eigenvalue weighted by Crippen LogP contribution is -2.18. The van der Waals surface area contributed by atoms with E-state index in [0.717, 1.165) is 24.5 Å². The zero-order chi connectivity index (χ0) is 14.0. The highest BCUT2D eigenvalue weighted by Gasteiger charge is 2.17. The molecule has 0 saturated heterocycles. The summed E-state index contributed by atoms with van der Waals surface area (Å²) in [5, 5.41) is 8.98. The van der Waals surface area contributed by atoms with E-state index in [1.165, 1.54) is 0 Å². The number of hydrogen-bond acceptors (Lipinski definition) is 3. The summed E-state index contributed by atoms with van der Waals surface area (Å²) in [6.45, 7) is 8.37. The third kappa shape index (κ3) is 3.44. The topological polar surface area (TPSA) is 38.9 Å². The maximum atomic E-state index is 4.61. The molecule has 0 spiro atoms. The van der Waals surface area contributed by atoms with Crippen LogP contribution in [0.1, 0.15) is 26.5 Å². The van der Waals surface area contributed by atoms with Crippen molar-refractivity contribution in [1.82, 2.24) is 24.5 Å². The Kier molecular flexibility index (Phi) is 3.75. The van der Waals surface area contributed by atoms with E-state index in [9.17, 15) is 0 Å². The zero-order valence-corrected chi connectivity index (χ0v) is 12.5. The van der Waals surface area contributed by atoms with Gasteiger partial charge in [0.15, 0.2) is 0 Å². The smallest absolute Gasteiger partial charge is 0.102 e. The van der Waals surface area contributed by atoms with E-state index in [4.69, 9.17) is 0 Å². The molecule has 0 aliphatic rings. The molecule has 0 fully saturated rings. The van der Waals surface area contributed by atoms with Gasteiger partial charge in [-0.1, -0.05) is 20.8 Å². The fourth-order valence-electron chi connectivity index (χ4n) is 1.76. The van der Waals surface area contributed by atoms with Crippen LogP contribution in [0.25, 0.3) is 5.69 Å². The van der Waals surface area contributed by atoms with Gasteiger partial charge in [-0.25, -0.2) is 4.68 Å². The second kappa shape index (κ2) is 5.17. The van der Waals surface area contributed by atoms with Crippen molar-refractivity contribution in [2.45, 2.75) is 32.7 Å². The van der Waals surface area contributed by atoms with E-state index in [2.05, 4.69) is 56.0 Å². The SMILES string of the molecule is CN(C)CCn1cc(-n2ccc(C(C)(C)C)n2)cn1. The monoisotopic (exact) mass is 261 g/mol. The molecule has 0 aliphatic carbocycles. The van der Waals surface area contributed by atoms with Crippen molar-refractivity contribution in [1.29, 1.82) is 0 Å². The van der Waals surface area contributed by atoms with Crippen molar-refractivity contribution in [3.63, 3.8) is 0 Å². The number of rotatable bonds is 4. The Morgan fingerprint density at radius 2 is 2.00 bits per heavy atom. The predicted octanol–water partition coefficient (Wildman–Crippen LogP) is 1.93. The Bertz CT molecular complexity index is 530. The Labute approximate surface area is 114 Å². The van der Waals surface area contributed by atoms with Crippen LogP contribution in [0.4, 0.5) is 0 Å². The molecule has 0 radical (unpaired) electrons. The van der Waals surface area contributed by atoms with Crippen LogP contribution in [0.2, 0.25) is 0 Å². The van der Waals surface area contributed by atoms with Crippen LogP contribution >= 0.6 is 0 Å². The van der Waals surface area contributed by atoms with Gasteiger partial charge in [0.2, 0.25) is 0 Å². The van der Waals surface area contributed by atoms with E-state index < -0.39 is 0 Å². The first-order valence-electron chi connectivity index (χ1n) is 6.60. The second-order valence-electron chi connectivity index (χ2n) is 6.16. The van der Waals surface area contributed by atoms with E-state index in [0.29, 0.717) is 0 Å². The molecule has 0 amide bonds. The van der Waals surface area contributed by atoms with E-state index >= 15 is 0 Å². The van der Waals surface area contributed by atoms with Crippen LogP contribution in [-0.4, -0.2) is 45.1 Å². The molecule has 0 bridgehead atoms. The highest BCUT2D eigenvalue weighted by molar-refractivity contribution is 5.26. The van der Waals surface area contributed by atoms with Crippen molar-refractivity contribution in [2.24, 2.45) is 0 Å². The molecular weight excluding hydrogens is 238 g/mol. The molecule has 2 heterocycles. The van der Waals surface area contributed by atoms with Gasteiger partial charge in [0.1, 0.15) is 5.69 Å². The van der Waals surface area contributed by atoms with Crippen molar-refractivity contribution in [3.8, 4) is 5.69 Å². The first-order chi connectivity index (χ1) is 8.86. The van der Waals surface area contributed by atoms with Crippen LogP contribution in [0.15, 0.2) is 24.7 Å². The van der Waals surface area contributed by atoms with Crippen molar-refractivity contribution < 1.29 is 0 Å². The summed E-state index contributed by atoms with van der Waals surface area (Å²) in [4.78, 5) is 2.15. The average molecular weight is 261 g/mol. The van der Waals surface area contributed by atoms with Gasteiger partial charge in [-0.05, 0) is 20.2 Å². The minimum absolute atomic E-state index is 0.0756. The lowest BCUT2D eigenvalue weighted by Gasteiger charge is -2.14. The van der Waals surface area contributed by atoms with Gasteiger partial charge in [0.05, 0.1) is 24.6 Å². The van der Waals surface area contributed by atoms with Gasteiger partial charge < -0.3 is 4.90 Å². The van der Waals surface area contributed by atoms with Gasteiger partial charge in [-0.3, -0.25) is 4.68 Å². The maximum absolute atomic E-state index is 4.61.